The van der Waals surface area contributed by atoms with Gasteiger partial charge in [-0.1, -0.05) is 6.07 Å². The van der Waals surface area contributed by atoms with E-state index in [4.69, 9.17) is 9.84 Å². The topological polar surface area (TPSA) is 161 Å². The fourth-order valence-electron chi connectivity index (χ4n) is 2.42. The van der Waals surface area contributed by atoms with Gasteiger partial charge in [-0.15, -0.1) is 0 Å². The third-order valence-corrected chi connectivity index (χ3v) is 3.72. The molecular formula is C14H13N5O7. The zero-order valence-corrected chi connectivity index (χ0v) is 13.2. The first kappa shape index (κ1) is 17.1. The number of ether oxygens (including phenoxy) is 1. The van der Waals surface area contributed by atoms with Crippen molar-refractivity contribution >= 4 is 17.7 Å². The fourth-order valence-corrected chi connectivity index (χ4v) is 2.42. The van der Waals surface area contributed by atoms with Crippen LogP contribution >= 0.6 is 0 Å². The van der Waals surface area contributed by atoms with Crippen molar-refractivity contribution in [3.05, 3.63) is 40.1 Å². The van der Waals surface area contributed by atoms with Crippen molar-refractivity contribution < 1.29 is 29.5 Å². The molecule has 0 radical (unpaired) electrons. The average Bonchev–Trinajstić information content (AvgIpc) is 2.98. The van der Waals surface area contributed by atoms with E-state index >= 15 is 0 Å². The smallest absolute Gasteiger partial charge is 0.410 e. The van der Waals surface area contributed by atoms with Gasteiger partial charge in [-0.2, -0.15) is 0 Å². The normalized spacial score (nSPS) is 13.9. The summed E-state index contributed by atoms with van der Waals surface area (Å²) >= 11 is 0. The second-order valence-electron chi connectivity index (χ2n) is 5.53. The van der Waals surface area contributed by atoms with Crippen molar-refractivity contribution in [2.24, 2.45) is 0 Å². The Bertz CT molecular complexity index is 874. The lowest BCUT2D eigenvalue weighted by Crippen LogP contribution is -2.57. The number of aromatic carboxylic acids is 1. The maximum Gasteiger partial charge on any atom is 0.410 e. The van der Waals surface area contributed by atoms with E-state index in [2.05, 4.69) is 10.3 Å². The predicted molar refractivity (Wildman–Crippen MR) is 82.7 cm³/mol. The molecule has 0 saturated carbocycles. The van der Waals surface area contributed by atoms with Gasteiger partial charge in [-0.3, -0.25) is 4.79 Å². The first-order chi connectivity index (χ1) is 12.3. The average molecular weight is 363 g/mol. The highest BCUT2D eigenvalue weighted by Crippen LogP contribution is 2.29. The minimum Gasteiger partial charge on any atom is -0.507 e. The lowest BCUT2D eigenvalue weighted by atomic mass is 10.1. The van der Waals surface area contributed by atoms with E-state index in [-0.39, 0.29) is 36.9 Å². The van der Waals surface area contributed by atoms with Crippen molar-refractivity contribution in [3.8, 4) is 11.5 Å². The standard InChI is InChI=1S/C14H13N5O7/c20-9-2-1-3-10(13(9)14(22)23)26-8-4-17(5-8)12(21)7-18-6-11(15-16-18)19(24)25/h1-3,6,8,20H,4-5,7H2,(H,22,23). The maximum absolute atomic E-state index is 12.1. The van der Waals surface area contributed by atoms with Crippen LogP contribution in [0, 0.1) is 10.1 Å². The third kappa shape index (κ3) is 3.38. The monoisotopic (exact) mass is 363 g/mol. The first-order valence-electron chi connectivity index (χ1n) is 7.39. The molecular weight excluding hydrogens is 350 g/mol. The van der Waals surface area contributed by atoms with Gasteiger partial charge in [0, 0.05) is 0 Å². The Morgan fingerprint density at radius 1 is 1.38 bits per heavy atom. The molecule has 26 heavy (non-hydrogen) atoms. The Morgan fingerprint density at radius 2 is 2.12 bits per heavy atom. The van der Waals surface area contributed by atoms with Crippen LogP contribution in [0.15, 0.2) is 24.4 Å². The van der Waals surface area contributed by atoms with Crippen LogP contribution in [0.4, 0.5) is 5.82 Å². The minimum absolute atomic E-state index is 0.0153. The van der Waals surface area contributed by atoms with Crippen LogP contribution < -0.4 is 4.74 Å². The van der Waals surface area contributed by atoms with Gasteiger partial charge < -0.3 is 30.0 Å². The van der Waals surface area contributed by atoms with Crippen LogP contribution in [-0.4, -0.2) is 66.1 Å². The molecule has 3 rings (SSSR count). The number of benzene rings is 1. The summed E-state index contributed by atoms with van der Waals surface area (Å²) in [6, 6.07) is 4.11. The zero-order chi connectivity index (χ0) is 18.8. The Morgan fingerprint density at radius 3 is 2.73 bits per heavy atom. The molecule has 2 N–H and O–H groups in total. The van der Waals surface area contributed by atoms with Crippen LogP contribution in [0.1, 0.15) is 10.4 Å². The van der Waals surface area contributed by atoms with Gasteiger partial charge in [0.1, 0.15) is 41.0 Å². The number of carboxylic acid groups (broad SMARTS) is 1. The summed E-state index contributed by atoms with van der Waals surface area (Å²) in [7, 11) is 0. The van der Waals surface area contributed by atoms with Gasteiger partial charge >= 0.3 is 11.8 Å². The molecule has 1 aromatic heterocycles. The van der Waals surface area contributed by atoms with Gasteiger partial charge in [0.2, 0.25) is 5.91 Å². The van der Waals surface area contributed by atoms with Crippen LogP contribution in [0.5, 0.6) is 11.5 Å². The van der Waals surface area contributed by atoms with Crippen molar-refractivity contribution in [1.29, 1.82) is 0 Å². The van der Waals surface area contributed by atoms with Gasteiger partial charge in [-0.25, -0.2) is 9.48 Å². The number of carbonyl (C=O) groups excluding carboxylic acids is 1. The van der Waals surface area contributed by atoms with E-state index in [0.717, 1.165) is 10.9 Å². The molecule has 1 aliphatic heterocycles. The highest BCUT2D eigenvalue weighted by atomic mass is 16.6. The SMILES string of the molecule is O=C(O)c1c(O)cccc1OC1CN(C(=O)Cn2cc([N+](=O)[O-])nn2)C1. The van der Waals surface area contributed by atoms with E-state index in [1.54, 1.807) is 0 Å². The van der Waals surface area contributed by atoms with Crippen molar-refractivity contribution in [2.45, 2.75) is 12.6 Å². The summed E-state index contributed by atoms with van der Waals surface area (Å²) in [5, 5.41) is 36.1. The second-order valence-corrected chi connectivity index (χ2v) is 5.53. The Hall–Kier alpha value is -3.70. The number of nitro groups is 1. The highest BCUT2D eigenvalue weighted by molar-refractivity contribution is 5.94. The number of nitrogens with zero attached hydrogens (tertiary/aromatic N) is 5. The molecule has 0 atom stereocenters. The van der Waals surface area contributed by atoms with Crippen LogP contribution in [0.2, 0.25) is 0 Å². The minimum atomic E-state index is -1.32. The molecule has 0 spiro atoms. The molecule has 1 fully saturated rings. The number of likely N-dealkylation sites (tertiary alicyclic amines) is 1. The van der Waals surface area contributed by atoms with Gasteiger partial charge in [0.15, 0.2) is 0 Å². The Kier molecular flexibility index (Phi) is 4.39. The molecule has 1 aromatic carbocycles. The lowest BCUT2D eigenvalue weighted by molar-refractivity contribution is -0.389. The first-order valence-corrected chi connectivity index (χ1v) is 7.39. The second kappa shape index (κ2) is 6.66. The summed E-state index contributed by atoms with van der Waals surface area (Å²) in [5.74, 6) is -2.50. The molecule has 0 unspecified atom stereocenters. The Labute approximate surface area is 145 Å². The number of hydrogen-bond acceptors (Lipinski definition) is 8. The van der Waals surface area contributed by atoms with Crippen molar-refractivity contribution in [1.82, 2.24) is 19.9 Å². The molecule has 12 heteroatoms. The number of aromatic nitrogens is 3. The van der Waals surface area contributed by atoms with Crippen molar-refractivity contribution in [3.63, 3.8) is 0 Å². The molecule has 136 valence electrons. The molecule has 1 aliphatic rings. The predicted octanol–water partition coefficient (Wildman–Crippen LogP) is -0.120. The summed E-state index contributed by atoms with van der Waals surface area (Å²) in [6.45, 7) is 0.217. The number of carboxylic acids is 1. The number of rotatable bonds is 6. The van der Waals surface area contributed by atoms with Crippen LogP contribution in [-0.2, 0) is 11.3 Å². The molecule has 2 aromatic rings. The van der Waals surface area contributed by atoms with E-state index < -0.39 is 28.6 Å². The number of phenols is 1. The summed E-state index contributed by atoms with van der Waals surface area (Å²) in [5.41, 5.74) is -0.341. The summed E-state index contributed by atoms with van der Waals surface area (Å²) in [4.78, 5) is 34.5. The van der Waals surface area contributed by atoms with Gasteiger partial charge in [0.25, 0.3) is 0 Å². The van der Waals surface area contributed by atoms with E-state index in [9.17, 15) is 24.8 Å². The third-order valence-electron chi connectivity index (χ3n) is 3.72. The van der Waals surface area contributed by atoms with Crippen LogP contribution in [0.3, 0.4) is 0 Å². The van der Waals surface area contributed by atoms with E-state index in [1.807, 2.05) is 0 Å². The molecule has 0 aliphatic carbocycles. The van der Waals surface area contributed by atoms with E-state index in [1.165, 1.54) is 23.1 Å². The number of aromatic hydroxyl groups is 1. The molecule has 12 nitrogen and oxygen atoms in total. The zero-order valence-electron chi connectivity index (χ0n) is 13.2. The van der Waals surface area contributed by atoms with E-state index in [0.29, 0.717) is 0 Å². The largest absolute Gasteiger partial charge is 0.507 e. The molecule has 2 heterocycles. The van der Waals surface area contributed by atoms with Gasteiger partial charge in [0.05, 0.1) is 18.3 Å². The summed E-state index contributed by atoms with van der Waals surface area (Å²) < 4.78 is 6.59. The maximum atomic E-state index is 12.1. The molecule has 1 amide bonds. The quantitative estimate of drug-likeness (QED) is 0.526. The van der Waals surface area contributed by atoms with Gasteiger partial charge in [-0.05, 0) is 17.1 Å². The van der Waals surface area contributed by atoms with Crippen molar-refractivity contribution in [2.75, 3.05) is 13.1 Å². The lowest BCUT2D eigenvalue weighted by Gasteiger charge is -2.39. The fraction of sp³-hybridized carbons (Fsp3) is 0.286. The Balaban J connectivity index is 1.56. The van der Waals surface area contributed by atoms with Crippen LogP contribution in [0.25, 0.3) is 0 Å². The molecule has 0 bridgehead atoms. The summed E-state index contributed by atoms with van der Waals surface area (Å²) in [6.07, 6.45) is 0.626. The number of carbonyl (C=O) groups is 2. The number of amides is 1. The molecule has 1 saturated heterocycles. The highest BCUT2D eigenvalue weighted by Gasteiger charge is 2.34. The number of hydrogen-bond donors (Lipinski definition) is 2.